The monoisotopic (exact) mass is 427 g/mol. The number of benzene rings is 1. The van der Waals surface area contributed by atoms with Crippen LogP contribution < -0.4 is 5.32 Å². The Labute approximate surface area is 145 Å². The van der Waals surface area contributed by atoms with E-state index >= 15 is 0 Å². The zero-order valence-electron chi connectivity index (χ0n) is 11.8. The predicted molar refractivity (Wildman–Crippen MR) is 91.7 cm³/mol. The van der Waals surface area contributed by atoms with Gasteiger partial charge in [0.05, 0.1) is 11.1 Å². The van der Waals surface area contributed by atoms with Crippen LogP contribution in [-0.4, -0.2) is 22.5 Å². The number of hydrogen-bond donors (Lipinski definition) is 2. The van der Waals surface area contributed by atoms with Gasteiger partial charge in [-0.15, -0.1) is 0 Å². The van der Waals surface area contributed by atoms with Gasteiger partial charge in [0.15, 0.2) is 0 Å². The van der Waals surface area contributed by atoms with E-state index in [9.17, 15) is 14.7 Å². The quantitative estimate of drug-likeness (QED) is 0.763. The van der Waals surface area contributed by atoms with Gasteiger partial charge < -0.3 is 10.4 Å². The number of halogens is 2. The molecule has 2 rings (SSSR count). The second kappa shape index (κ2) is 6.79. The predicted octanol–water partition coefficient (Wildman–Crippen LogP) is 3.92. The summed E-state index contributed by atoms with van der Waals surface area (Å²) in [4.78, 5) is 24.1. The summed E-state index contributed by atoms with van der Waals surface area (Å²) >= 11 is 6.69. The summed E-state index contributed by atoms with van der Waals surface area (Å²) in [6.07, 6.45) is 7.28. The van der Waals surface area contributed by atoms with Crippen LogP contribution in [0.4, 0.5) is 0 Å². The minimum Gasteiger partial charge on any atom is -0.481 e. The van der Waals surface area contributed by atoms with E-state index in [0.717, 1.165) is 4.47 Å². The van der Waals surface area contributed by atoms with Crippen LogP contribution in [0.25, 0.3) is 0 Å². The summed E-state index contributed by atoms with van der Waals surface area (Å²) in [6.45, 7) is 1.86. The van der Waals surface area contributed by atoms with E-state index in [1.54, 1.807) is 42.5 Å². The molecule has 0 fully saturated rings. The second-order valence-corrected chi connectivity index (χ2v) is 6.80. The Bertz CT molecular complexity index is 669. The topological polar surface area (TPSA) is 66.4 Å². The van der Waals surface area contributed by atoms with Crippen LogP contribution in [-0.2, 0) is 4.79 Å². The lowest BCUT2D eigenvalue weighted by atomic mass is 9.78. The molecule has 116 valence electrons. The molecule has 2 unspecified atom stereocenters. The molecule has 6 heteroatoms. The van der Waals surface area contributed by atoms with E-state index in [0.29, 0.717) is 16.5 Å². The van der Waals surface area contributed by atoms with Crippen molar-refractivity contribution in [3.05, 3.63) is 57.0 Å². The minimum absolute atomic E-state index is 0.313. The highest BCUT2D eigenvalue weighted by Crippen LogP contribution is 2.30. The van der Waals surface area contributed by atoms with Gasteiger partial charge in [-0.2, -0.15) is 0 Å². The number of carbonyl (C=O) groups excluding carboxylic acids is 1. The van der Waals surface area contributed by atoms with Gasteiger partial charge in [0.25, 0.3) is 5.91 Å². The molecular formula is C16H15Br2NO3. The van der Waals surface area contributed by atoms with Crippen molar-refractivity contribution in [2.45, 2.75) is 18.9 Å². The van der Waals surface area contributed by atoms with Gasteiger partial charge in [-0.1, -0.05) is 47.2 Å². The van der Waals surface area contributed by atoms with Crippen molar-refractivity contribution >= 4 is 43.7 Å². The molecule has 1 aromatic rings. The molecule has 0 spiro atoms. The number of aliphatic carboxylic acids is 1. The molecule has 0 saturated carbocycles. The van der Waals surface area contributed by atoms with Crippen molar-refractivity contribution < 1.29 is 14.7 Å². The lowest BCUT2D eigenvalue weighted by molar-refractivity contribution is -0.141. The van der Waals surface area contributed by atoms with E-state index in [1.807, 2.05) is 6.92 Å². The molecule has 1 aromatic carbocycles. The summed E-state index contributed by atoms with van der Waals surface area (Å²) in [7, 11) is 0. The van der Waals surface area contributed by atoms with Gasteiger partial charge in [0.2, 0.25) is 0 Å². The number of carboxylic acids is 1. The van der Waals surface area contributed by atoms with Gasteiger partial charge >= 0.3 is 5.97 Å². The lowest BCUT2D eigenvalue weighted by Gasteiger charge is -2.36. The maximum absolute atomic E-state index is 12.6. The molecule has 0 aromatic heterocycles. The number of amides is 1. The van der Waals surface area contributed by atoms with Crippen molar-refractivity contribution in [1.29, 1.82) is 0 Å². The SMILES string of the molecule is CCC1(NC(=O)c2ccc(Br)cc2Br)C=CC=CC1C(=O)O. The first-order valence-electron chi connectivity index (χ1n) is 6.76. The summed E-state index contributed by atoms with van der Waals surface area (Å²) in [5.74, 6) is -2.06. The Morgan fingerprint density at radius 2 is 2.05 bits per heavy atom. The number of carboxylic acid groups (broad SMARTS) is 1. The number of carbonyl (C=O) groups is 2. The third kappa shape index (κ3) is 3.33. The lowest BCUT2D eigenvalue weighted by Crippen LogP contribution is -2.54. The average Bonchev–Trinajstić information content (AvgIpc) is 2.47. The fourth-order valence-corrected chi connectivity index (χ4v) is 3.71. The molecule has 0 saturated heterocycles. The smallest absolute Gasteiger partial charge is 0.313 e. The van der Waals surface area contributed by atoms with E-state index in [1.165, 1.54) is 0 Å². The third-order valence-corrected chi connectivity index (χ3v) is 4.89. The zero-order valence-corrected chi connectivity index (χ0v) is 15.0. The Hall–Kier alpha value is -1.40. The van der Waals surface area contributed by atoms with E-state index in [-0.39, 0.29) is 5.91 Å². The molecule has 1 amide bonds. The summed E-state index contributed by atoms with van der Waals surface area (Å²) < 4.78 is 1.50. The molecule has 22 heavy (non-hydrogen) atoms. The van der Waals surface area contributed by atoms with Gasteiger partial charge in [0.1, 0.15) is 5.92 Å². The molecule has 0 aliphatic heterocycles. The number of hydrogen-bond acceptors (Lipinski definition) is 2. The van der Waals surface area contributed by atoms with Crippen LogP contribution in [0, 0.1) is 5.92 Å². The molecule has 4 nitrogen and oxygen atoms in total. The van der Waals surface area contributed by atoms with Gasteiger partial charge in [-0.25, -0.2) is 0 Å². The molecular weight excluding hydrogens is 414 g/mol. The van der Waals surface area contributed by atoms with Crippen LogP contribution in [0.15, 0.2) is 51.4 Å². The molecule has 0 bridgehead atoms. The van der Waals surface area contributed by atoms with Crippen LogP contribution in [0.2, 0.25) is 0 Å². The number of rotatable bonds is 4. The molecule has 0 heterocycles. The van der Waals surface area contributed by atoms with Crippen LogP contribution in [0.1, 0.15) is 23.7 Å². The van der Waals surface area contributed by atoms with Gasteiger partial charge in [-0.05, 0) is 40.5 Å². The summed E-state index contributed by atoms with van der Waals surface area (Å²) in [5.41, 5.74) is -0.465. The normalized spacial score (nSPS) is 23.3. The average molecular weight is 429 g/mol. The first-order valence-corrected chi connectivity index (χ1v) is 8.34. The van der Waals surface area contributed by atoms with Crippen molar-refractivity contribution in [3.8, 4) is 0 Å². The van der Waals surface area contributed by atoms with Crippen molar-refractivity contribution in [2.24, 2.45) is 5.92 Å². The molecule has 2 atom stereocenters. The molecule has 2 N–H and O–H groups in total. The van der Waals surface area contributed by atoms with E-state index < -0.39 is 17.4 Å². The maximum atomic E-state index is 12.6. The van der Waals surface area contributed by atoms with Crippen LogP contribution in [0.5, 0.6) is 0 Å². The number of nitrogens with one attached hydrogen (secondary N) is 1. The summed E-state index contributed by atoms with van der Waals surface area (Å²) in [6, 6.07) is 5.23. The van der Waals surface area contributed by atoms with E-state index in [2.05, 4.69) is 37.2 Å². The maximum Gasteiger partial charge on any atom is 0.313 e. The first kappa shape index (κ1) is 17.0. The zero-order chi connectivity index (χ0) is 16.3. The highest BCUT2D eigenvalue weighted by Gasteiger charge is 2.41. The van der Waals surface area contributed by atoms with Gasteiger partial charge in [0, 0.05) is 8.95 Å². The molecule has 1 aliphatic carbocycles. The number of allylic oxidation sites excluding steroid dienone is 2. The van der Waals surface area contributed by atoms with Crippen molar-refractivity contribution in [2.75, 3.05) is 0 Å². The summed E-state index contributed by atoms with van der Waals surface area (Å²) in [5, 5.41) is 12.3. The van der Waals surface area contributed by atoms with Crippen molar-refractivity contribution in [3.63, 3.8) is 0 Å². The van der Waals surface area contributed by atoms with E-state index in [4.69, 9.17) is 0 Å². The minimum atomic E-state index is -0.961. The highest BCUT2D eigenvalue weighted by atomic mass is 79.9. The largest absolute Gasteiger partial charge is 0.481 e. The fourth-order valence-electron chi connectivity index (χ4n) is 2.48. The van der Waals surface area contributed by atoms with Gasteiger partial charge in [-0.3, -0.25) is 9.59 Å². The van der Waals surface area contributed by atoms with Crippen LogP contribution >= 0.6 is 31.9 Å². The third-order valence-electron chi connectivity index (χ3n) is 3.74. The van der Waals surface area contributed by atoms with Crippen LogP contribution in [0.3, 0.4) is 0 Å². The fraction of sp³-hybridized carbons (Fsp3) is 0.250. The Kier molecular flexibility index (Phi) is 5.24. The second-order valence-electron chi connectivity index (χ2n) is 5.03. The molecule has 1 aliphatic rings. The Balaban J connectivity index is 2.33. The Morgan fingerprint density at radius 3 is 2.64 bits per heavy atom. The first-order chi connectivity index (χ1) is 10.4. The standard InChI is InChI=1S/C16H15Br2NO3/c1-2-16(8-4-3-5-12(16)15(21)22)19-14(20)11-7-6-10(17)9-13(11)18/h3-9,12H,2H2,1H3,(H,19,20)(H,21,22). The Morgan fingerprint density at radius 1 is 1.32 bits per heavy atom. The highest BCUT2D eigenvalue weighted by molar-refractivity contribution is 9.11. The molecule has 0 radical (unpaired) electrons. The van der Waals surface area contributed by atoms with Crippen molar-refractivity contribution in [1.82, 2.24) is 5.32 Å².